The van der Waals surface area contributed by atoms with Crippen LogP contribution in [0.5, 0.6) is 5.75 Å². The zero-order chi connectivity index (χ0) is 15.1. The Morgan fingerprint density at radius 1 is 1.19 bits per heavy atom. The number of furan rings is 1. The van der Waals surface area contributed by atoms with Crippen molar-refractivity contribution in [3.8, 4) is 5.75 Å². The second-order valence-electron chi connectivity index (χ2n) is 4.89. The largest absolute Gasteiger partial charge is 0.494 e. The van der Waals surface area contributed by atoms with Crippen LogP contribution < -0.4 is 10.1 Å². The summed E-state index contributed by atoms with van der Waals surface area (Å²) < 4.78 is 12.3. The lowest BCUT2D eigenvalue weighted by Crippen LogP contribution is -2.21. The summed E-state index contributed by atoms with van der Waals surface area (Å²) in [6.07, 6.45) is 3.93. The van der Waals surface area contributed by atoms with E-state index in [1.54, 1.807) is 6.26 Å². The minimum Gasteiger partial charge on any atom is -0.494 e. The van der Waals surface area contributed by atoms with Gasteiger partial charge in [0.15, 0.2) is 0 Å². The van der Waals surface area contributed by atoms with Gasteiger partial charge in [-0.05, 0) is 52.7 Å². The lowest BCUT2D eigenvalue weighted by atomic mass is 10.0. The van der Waals surface area contributed by atoms with Crippen LogP contribution >= 0.6 is 15.9 Å². The third-order valence-electron chi connectivity index (χ3n) is 3.30. The van der Waals surface area contributed by atoms with E-state index in [4.69, 9.17) is 9.15 Å². The van der Waals surface area contributed by atoms with Gasteiger partial charge in [-0.1, -0.05) is 32.4 Å². The number of hydrogen-bond acceptors (Lipinski definition) is 3. The first-order chi connectivity index (χ1) is 10.3. The van der Waals surface area contributed by atoms with Gasteiger partial charge in [0, 0.05) is 0 Å². The molecule has 2 rings (SSSR count). The maximum atomic E-state index is 5.70. The van der Waals surface area contributed by atoms with Gasteiger partial charge in [-0.25, -0.2) is 0 Å². The van der Waals surface area contributed by atoms with E-state index in [1.165, 1.54) is 0 Å². The van der Waals surface area contributed by atoms with E-state index >= 15 is 0 Å². The first-order valence-electron chi connectivity index (χ1n) is 7.45. The van der Waals surface area contributed by atoms with Crippen molar-refractivity contribution in [2.24, 2.45) is 0 Å². The topological polar surface area (TPSA) is 34.4 Å². The molecule has 0 aliphatic rings. The van der Waals surface area contributed by atoms with Gasteiger partial charge in [0.2, 0.25) is 0 Å². The Labute approximate surface area is 134 Å². The highest BCUT2D eigenvalue weighted by atomic mass is 79.9. The quantitative estimate of drug-likeness (QED) is 0.685. The van der Waals surface area contributed by atoms with Crippen molar-refractivity contribution in [1.82, 2.24) is 5.32 Å². The minimum absolute atomic E-state index is 0.0454. The molecule has 0 amide bonds. The van der Waals surface area contributed by atoms with Crippen LogP contribution in [0, 0.1) is 0 Å². The Hall–Kier alpha value is -1.26. The first-order valence-corrected chi connectivity index (χ1v) is 8.24. The van der Waals surface area contributed by atoms with E-state index in [1.807, 2.05) is 18.2 Å². The van der Waals surface area contributed by atoms with Crippen molar-refractivity contribution < 1.29 is 9.15 Å². The highest BCUT2D eigenvalue weighted by Gasteiger charge is 2.19. The molecule has 21 heavy (non-hydrogen) atoms. The molecule has 1 aromatic heterocycles. The molecule has 4 heteroatoms. The summed E-state index contributed by atoms with van der Waals surface area (Å²) in [5, 5.41) is 3.45. The lowest BCUT2D eigenvalue weighted by molar-refractivity contribution is 0.309. The van der Waals surface area contributed by atoms with Crippen molar-refractivity contribution in [2.45, 2.75) is 32.7 Å². The Morgan fingerprint density at radius 2 is 1.95 bits per heavy atom. The minimum atomic E-state index is 0.0454. The molecule has 0 spiro atoms. The molecular formula is C17H22BrNO2. The molecule has 114 valence electrons. The molecule has 0 radical (unpaired) electrons. The van der Waals surface area contributed by atoms with Crippen molar-refractivity contribution in [2.75, 3.05) is 13.2 Å². The van der Waals surface area contributed by atoms with E-state index in [-0.39, 0.29) is 6.04 Å². The summed E-state index contributed by atoms with van der Waals surface area (Å²) in [6, 6.07) is 10.2. The molecule has 3 nitrogen and oxygen atoms in total. The number of unbranched alkanes of at least 4 members (excludes halogenated alkanes) is 1. The summed E-state index contributed by atoms with van der Waals surface area (Å²) in [5.74, 6) is 1.82. The predicted octanol–water partition coefficient (Wildman–Crippen LogP) is 4.92. The zero-order valence-electron chi connectivity index (χ0n) is 12.6. The molecule has 0 bridgehead atoms. The smallest absolute Gasteiger partial charge is 0.139 e. The van der Waals surface area contributed by atoms with E-state index in [9.17, 15) is 0 Å². The monoisotopic (exact) mass is 351 g/mol. The normalized spacial score (nSPS) is 12.3. The number of halogens is 1. The van der Waals surface area contributed by atoms with Gasteiger partial charge >= 0.3 is 0 Å². The second-order valence-corrected chi connectivity index (χ2v) is 5.75. The van der Waals surface area contributed by atoms with Crippen LogP contribution in [0.4, 0.5) is 0 Å². The van der Waals surface area contributed by atoms with E-state index in [0.29, 0.717) is 0 Å². The molecule has 1 atom stereocenters. The molecule has 1 N–H and O–H groups in total. The fourth-order valence-electron chi connectivity index (χ4n) is 2.17. The highest BCUT2D eigenvalue weighted by molar-refractivity contribution is 9.10. The standard InChI is InChI=1S/C17H22BrNO2/c1-3-5-11-20-14-8-6-13(7-9-14)16(19-4-2)17-15(18)10-12-21-17/h6-10,12,16,19H,3-5,11H2,1-2H3. The maximum Gasteiger partial charge on any atom is 0.139 e. The van der Waals surface area contributed by atoms with Gasteiger partial charge in [0.25, 0.3) is 0 Å². The third kappa shape index (κ3) is 4.35. The first kappa shape index (κ1) is 16.1. The number of nitrogens with one attached hydrogen (secondary N) is 1. The Morgan fingerprint density at radius 3 is 2.52 bits per heavy atom. The zero-order valence-corrected chi connectivity index (χ0v) is 14.2. The summed E-state index contributed by atoms with van der Waals surface area (Å²) in [7, 11) is 0. The van der Waals surface area contributed by atoms with Crippen molar-refractivity contribution in [3.63, 3.8) is 0 Å². The van der Waals surface area contributed by atoms with Gasteiger partial charge in [0.05, 0.1) is 23.4 Å². The van der Waals surface area contributed by atoms with Crippen molar-refractivity contribution in [3.05, 3.63) is 52.4 Å². The van der Waals surface area contributed by atoms with Crippen LogP contribution in [0.2, 0.25) is 0 Å². The molecule has 1 aromatic carbocycles. The fraction of sp³-hybridized carbons (Fsp3) is 0.412. The molecule has 1 unspecified atom stereocenters. The average molecular weight is 352 g/mol. The lowest BCUT2D eigenvalue weighted by Gasteiger charge is -2.17. The van der Waals surface area contributed by atoms with E-state index in [0.717, 1.165) is 47.5 Å². The fourth-order valence-corrected chi connectivity index (χ4v) is 2.60. The molecule has 2 aromatic rings. The maximum absolute atomic E-state index is 5.70. The summed E-state index contributed by atoms with van der Waals surface area (Å²) in [6.45, 7) is 5.89. The van der Waals surface area contributed by atoms with E-state index in [2.05, 4.69) is 47.2 Å². The van der Waals surface area contributed by atoms with Crippen LogP contribution in [0.25, 0.3) is 0 Å². The molecular weight excluding hydrogens is 330 g/mol. The molecule has 0 aliphatic heterocycles. The van der Waals surface area contributed by atoms with Gasteiger partial charge < -0.3 is 14.5 Å². The molecule has 0 saturated carbocycles. The summed E-state index contributed by atoms with van der Waals surface area (Å²) in [4.78, 5) is 0. The molecule has 0 aliphatic carbocycles. The second kappa shape index (κ2) is 8.25. The van der Waals surface area contributed by atoms with Gasteiger partial charge in [-0.15, -0.1) is 0 Å². The Bertz CT molecular complexity index is 536. The van der Waals surface area contributed by atoms with Crippen LogP contribution in [-0.2, 0) is 0 Å². The summed E-state index contributed by atoms with van der Waals surface area (Å²) in [5.41, 5.74) is 1.16. The highest BCUT2D eigenvalue weighted by Crippen LogP contribution is 2.30. The van der Waals surface area contributed by atoms with Crippen molar-refractivity contribution in [1.29, 1.82) is 0 Å². The SMILES string of the molecule is CCCCOc1ccc(C(NCC)c2occc2Br)cc1. The van der Waals surface area contributed by atoms with E-state index < -0.39 is 0 Å². The Balaban J connectivity index is 2.12. The van der Waals surface area contributed by atoms with Crippen LogP contribution in [0.3, 0.4) is 0 Å². The number of ether oxygens (including phenoxy) is 1. The van der Waals surface area contributed by atoms with Crippen molar-refractivity contribution >= 4 is 15.9 Å². The third-order valence-corrected chi connectivity index (χ3v) is 3.95. The van der Waals surface area contributed by atoms with Crippen LogP contribution in [0.15, 0.2) is 45.5 Å². The Kier molecular flexibility index (Phi) is 6.33. The molecule has 0 fully saturated rings. The molecule has 0 saturated heterocycles. The number of rotatable bonds is 8. The number of hydrogen-bond donors (Lipinski definition) is 1. The predicted molar refractivity (Wildman–Crippen MR) is 88.8 cm³/mol. The van der Waals surface area contributed by atoms with Gasteiger partial charge in [-0.3, -0.25) is 0 Å². The van der Waals surface area contributed by atoms with Crippen LogP contribution in [0.1, 0.15) is 44.1 Å². The molecule has 1 heterocycles. The van der Waals surface area contributed by atoms with Gasteiger partial charge in [0.1, 0.15) is 11.5 Å². The summed E-state index contributed by atoms with van der Waals surface area (Å²) >= 11 is 3.53. The van der Waals surface area contributed by atoms with Crippen LogP contribution in [-0.4, -0.2) is 13.2 Å². The number of benzene rings is 1. The average Bonchev–Trinajstić information content (AvgIpc) is 2.92. The van der Waals surface area contributed by atoms with Gasteiger partial charge in [-0.2, -0.15) is 0 Å².